The summed E-state index contributed by atoms with van der Waals surface area (Å²) in [7, 11) is 0. The smallest absolute Gasteiger partial charge is 0.222 e. The van der Waals surface area contributed by atoms with Gasteiger partial charge >= 0.3 is 0 Å². The van der Waals surface area contributed by atoms with Gasteiger partial charge in [0.15, 0.2) is 0 Å². The highest BCUT2D eigenvalue weighted by Gasteiger charge is 2.32. The van der Waals surface area contributed by atoms with Gasteiger partial charge in [-0.05, 0) is 73.2 Å². The third-order valence-corrected chi connectivity index (χ3v) is 10.4. The molecule has 0 aromatic heterocycles. The van der Waals surface area contributed by atoms with Crippen LogP contribution in [0.25, 0.3) is 0 Å². The van der Waals surface area contributed by atoms with Crippen molar-refractivity contribution in [3.63, 3.8) is 0 Å². The Balaban J connectivity index is 1.28. The standard InChI is InChI=1S/C38H51ClFN5O/c1-5-43(6-2)26-37(32-13-9-10-14-34(32)40)45-21-19-44(20-22-45)28(4)35(23-29-15-17-30(39)18-16-29)42-38(46)24-36-31-12-8-7-11-27(3)33(31)25-41-36/h8-10,12-18,27,35-37,41H,4-7,11,19-26H2,1-3H3,(H,42,46). The lowest BCUT2D eigenvalue weighted by Gasteiger charge is -2.43. The van der Waals surface area contributed by atoms with Crippen molar-refractivity contribution < 1.29 is 9.18 Å². The van der Waals surface area contributed by atoms with Crippen molar-refractivity contribution in [1.29, 1.82) is 0 Å². The maximum atomic E-state index is 15.1. The topological polar surface area (TPSA) is 50.9 Å². The second kappa shape index (κ2) is 16.2. The van der Waals surface area contributed by atoms with Crippen LogP contribution in [0.15, 0.2) is 84.1 Å². The van der Waals surface area contributed by atoms with Crippen LogP contribution < -0.4 is 10.6 Å². The molecule has 248 valence electrons. The number of hydrogen-bond acceptors (Lipinski definition) is 5. The molecule has 1 amide bonds. The fourth-order valence-electron chi connectivity index (χ4n) is 7.23. The summed E-state index contributed by atoms with van der Waals surface area (Å²) in [5, 5.41) is 7.65. The second-order valence-electron chi connectivity index (χ2n) is 13.0. The van der Waals surface area contributed by atoms with Crippen molar-refractivity contribution in [3.05, 3.63) is 106 Å². The van der Waals surface area contributed by atoms with Crippen LogP contribution in [0.2, 0.25) is 5.02 Å². The van der Waals surface area contributed by atoms with Crippen molar-refractivity contribution in [3.8, 4) is 0 Å². The van der Waals surface area contributed by atoms with E-state index in [1.54, 1.807) is 12.1 Å². The van der Waals surface area contributed by atoms with E-state index in [9.17, 15) is 4.79 Å². The molecule has 1 saturated heterocycles. The van der Waals surface area contributed by atoms with Gasteiger partial charge in [0.1, 0.15) is 5.82 Å². The molecule has 46 heavy (non-hydrogen) atoms. The van der Waals surface area contributed by atoms with Crippen LogP contribution in [-0.4, -0.2) is 85.0 Å². The van der Waals surface area contributed by atoms with Gasteiger partial charge in [0.05, 0.1) is 12.1 Å². The normalized spacial score (nSPS) is 21.7. The highest BCUT2D eigenvalue weighted by atomic mass is 35.5. The number of nitrogens with zero attached hydrogens (tertiary/aromatic N) is 3. The predicted molar refractivity (Wildman–Crippen MR) is 187 cm³/mol. The van der Waals surface area contributed by atoms with Crippen LogP contribution in [0.1, 0.15) is 57.2 Å². The number of nitrogens with one attached hydrogen (secondary N) is 2. The number of hydrogen-bond donors (Lipinski definition) is 2. The molecular formula is C38H51ClFN5O. The van der Waals surface area contributed by atoms with Gasteiger partial charge in [-0.15, -0.1) is 0 Å². The number of allylic oxidation sites excluding steroid dienone is 1. The Morgan fingerprint density at radius 2 is 1.83 bits per heavy atom. The number of piperazine rings is 1. The monoisotopic (exact) mass is 647 g/mol. The van der Waals surface area contributed by atoms with Crippen LogP contribution in [0.5, 0.6) is 0 Å². The van der Waals surface area contributed by atoms with Gasteiger partial charge in [0.2, 0.25) is 5.91 Å². The summed E-state index contributed by atoms with van der Waals surface area (Å²) >= 11 is 6.19. The van der Waals surface area contributed by atoms with E-state index in [0.29, 0.717) is 23.8 Å². The summed E-state index contributed by atoms with van der Waals surface area (Å²) in [6.07, 6.45) is 7.74. The van der Waals surface area contributed by atoms with E-state index in [2.05, 4.69) is 64.8 Å². The van der Waals surface area contributed by atoms with Crippen molar-refractivity contribution >= 4 is 17.5 Å². The number of halogens is 2. The van der Waals surface area contributed by atoms with E-state index in [-0.39, 0.29) is 29.8 Å². The van der Waals surface area contributed by atoms with Crippen LogP contribution in [-0.2, 0) is 11.2 Å². The summed E-state index contributed by atoms with van der Waals surface area (Å²) in [6.45, 7) is 17.7. The maximum absolute atomic E-state index is 15.1. The summed E-state index contributed by atoms with van der Waals surface area (Å²) in [5.74, 6) is 0.409. The van der Waals surface area contributed by atoms with Crippen LogP contribution >= 0.6 is 11.6 Å². The van der Waals surface area contributed by atoms with Crippen molar-refractivity contribution in [1.82, 2.24) is 25.3 Å². The summed E-state index contributed by atoms with van der Waals surface area (Å²) in [4.78, 5) is 20.7. The molecule has 4 unspecified atom stereocenters. The first-order chi connectivity index (χ1) is 22.3. The SMILES string of the molecule is C=C(C(Cc1ccc(Cl)cc1)NC(=O)CC1NCC2=C1C=CCCC2C)N1CCN(C(CN(CC)CC)c2ccccc2F)CC1. The number of carbonyl (C=O) groups is 1. The van der Waals surface area contributed by atoms with Gasteiger partial charge in [-0.1, -0.05) is 81.4 Å². The predicted octanol–water partition coefficient (Wildman–Crippen LogP) is 6.37. The summed E-state index contributed by atoms with van der Waals surface area (Å²) < 4.78 is 15.1. The number of amides is 1. The average molecular weight is 648 g/mol. The minimum absolute atomic E-state index is 0.0224. The van der Waals surface area contributed by atoms with E-state index in [1.165, 1.54) is 11.1 Å². The lowest BCUT2D eigenvalue weighted by Crippen LogP contribution is -2.52. The van der Waals surface area contributed by atoms with E-state index >= 15 is 4.39 Å². The minimum Gasteiger partial charge on any atom is -0.371 e. The fourth-order valence-corrected chi connectivity index (χ4v) is 7.36. The molecule has 6 nitrogen and oxygen atoms in total. The third kappa shape index (κ3) is 8.48. The third-order valence-electron chi connectivity index (χ3n) is 10.2. The molecule has 0 radical (unpaired) electrons. The van der Waals surface area contributed by atoms with E-state index in [0.717, 1.165) is 82.0 Å². The number of benzene rings is 2. The zero-order valence-corrected chi connectivity index (χ0v) is 28.5. The number of likely N-dealkylation sites (N-methyl/N-ethyl adjacent to an activating group) is 1. The first kappa shape index (κ1) is 34.4. The molecule has 0 saturated carbocycles. The number of rotatable bonds is 13. The molecule has 1 fully saturated rings. The molecule has 2 aromatic rings. The van der Waals surface area contributed by atoms with Crippen LogP contribution in [0, 0.1) is 11.7 Å². The minimum atomic E-state index is -0.253. The van der Waals surface area contributed by atoms with Crippen LogP contribution in [0.3, 0.4) is 0 Å². The number of carbonyl (C=O) groups excluding carboxylic acids is 1. The van der Waals surface area contributed by atoms with Gasteiger partial charge in [0, 0.05) is 68.0 Å². The molecule has 3 aliphatic rings. The fraction of sp³-hybridized carbons (Fsp3) is 0.500. The largest absolute Gasteiger partial charge is 0.371 e. The van der Waals surface area contributed by atoms with Crippen molar-refractivity contribution in [2.24, 2.45) is 5.92 Å². The van der Waals surface area contributed by atoms with Crippen LogP contribution in [0.4, 0.5) is 4.39 Å². The summed E-state index contributed by atoms with van der Waals surface area (Å²) in [6, 6.07) is 14.8. The molecule has 0 spiro atoms. The van der Waals surface area contributed by atoms with Gasteiger partial charge in [-0.25, -0.2) is 4.39 Å². The molecular weight excluding hydrogens is 597 g/mol. The van der Waals surface area contributed by atoms with Gasteiger partial charge in [0.25, 0.3) is 0 Å². The molecule has 1 aliphatic carbocycles. The lowest BCUT2D eigenvalue weighted by atomic mass is 9.93. The van der Waals surface area contributed by atoms with E-state index in [4.69, 9.17) is 11.6 Å². The molecule has 2 N–H and O–H groups in total. The van der Waals surface area contributed by atoms with Crippen molar-refractivity contribution in [2.45, 2.75) is 64.6 Å². The Kier molecular flexibility index (Phi) is 12.1. The Bertz CT molecular complexity index is 1400. The average Bonchev–Trinajstić information content (AvgIpc) is 3.36. The lowest BCUT2D eigenvalue weighted by molar-refractivity contribution is -0.122. The molecule has 4 atom stereocenters. The molecule has 0 bridgehead atoms. The second-order valence-corrected chi connectivity index (χ2v) is 13.4. The molecule has 2 heterocycles. The molecule has 2 aliphatic heterocycles. The molecule has 8 heteroatoms. The maximum Gasteiger partial charge on any atom is 0.222 e. The van der Waals surface area contributed by atoms with Gasteiger partial charge in [-0.2, -0.15) is 0 Å². The van der Waals surface area contributed by atoms with Gasteiger partial charge in [-0.3, -0.25) is 9.69 Å². The zero-order chi connectivity index (χ0) is 32.6. The van der Waals surface area contributed by atoms with E-state index < -0.39 is 0 Å². The first-order valence-corrected chi connectivity index (χ1v) is 17.5. The zero-order valence-electron chi connectivity index (χ0n) is 27.8. The Hall–Kier alpha value is -2.97. The highest BCUT2D eigenvalue weighted by Crippen LogP contribution is 2.31. The van der Waals surface area contributed by atoms with E-state index in [1.807, 2.05) is 36.4 Å². The van der Waals surface area contributed by atoms with Crippen molar-refractivity contribution in [2.75, 3.05) is 52.4 Å². The molecule has 2 aromatic carbocycles. The Labute approximate surface area is 280 Å². The Morgan fingerprint density at radius 3 is 2.52 bits per heavy atom. The highest BCUT2D eigenvalue weighted by molar-refractivity contribution is 6.30. The quantitative estimate of drug-likeness (QED) is 0.265. The van der Waals surface area contributed by atoms with Gasteiger partial charge < -0.3 is 20.4 Å². The molecule has 5 rings (SSSR count). The first-order valence-electron chi connectivity index (χ1n) is 17.1. The summed E-state index contributed by atoms with van der Waals surface area (Å²) in [5.41, 5.74) is 5.50. The Morgan fingerprint density at radius 1 is 1.11 bits per heavy atom.